The Morgan fingerprint density at radius 1 is 1.17 bits per heavy atom. The second-order valence-corrected chi connectivity index (χ2v) is 4.37. The molecule has 0 aliphatic rings. The molecule has 1 aromatic rings. The fourth-order valence-corrected chi connectivity index (χ4v) is 1.49. The van der Waals surface area contributed by atoms with Crippen LogP contribution in [0.3, 0.4) is 0 Å². The summed E-state index contributed by atoms with van der Waals surface area (Å²) in [7, 11) is 5.90. The van der Waals surface area contributed by atoms with Gasteiger partial charge in [0.2, 0.25) is 0 Å². The predicted molar refractivity (Wildman–Crippen MR) is 76.2 cm³/mol. The van der Waals surface area contributed by atoms with Gasteiger partial charge in [0.25, 0.3) is 0 Å². The lowest BCUT2D eigenvalue weighted by Crippen LogP contribution is -2.31. The fourth-order valence-electron chi connectivity index (χ4n) is 1.49. The lowest BCUT2D eigenvalue weighted by molar-refractivity contribution is 0.251. The number of anilines is 2. The summed E-state index contributed by atoms with van der Waals surface area (Å²) < 4.78 is 0. The first-order valence-electron chi connectivity index (χ1n) is 6.09. The summed E-state index contributed by atoms with van der Waals surface area (Å²) in [5.74, 6) is 0. The molecule has 0 aliphatic carbocycles. The molecular weight excluding hydrogens is 228 g/mol. The zero-order chi connectivity index (χ0) is 13.4. The summed E-state index contributed by atoms with van der Waals surface area (Å²) in [6.07, 6.45) is 0.944. The van der Waals surface area contributed by atoms with E-state index in [1.165, 1.54) is 0 Å². The summed E-state index contributed by atoms with van der Waals surface area (Å²) in [4.78, 5) is 13.7. The summed E-state index contributed by atoms with van der Waals surface area (Å²) in [5.41, 5.74) is 1.81. The highest BCUT2D eigenvalue weighted by atomic mass is 16.2. The maximum atomic E-state index is 11.6. The Morgan fingerprint density at radius 3 is 2.33 bits per heavy atom. The van der Waals surface area contributed by atoms with Crippen molar-refractivity contribution in [2.45, 2.75) is 6.42 Å². The largest absolute Gasteiger partial charge is 0.388 e. The molecule has 0 atom stereocenters. The van der Waals surface area contributed by atoms with Crippen LogP contribution in [0, 0.1) is 0 Å². The molecule has 5 nitrogen and oxygen atoms in total. The third kappa shape index (κ3) is 5.54. The summed E-state index contributed by atoms with van der Waals surface area (Å²) in [5, 5.41) is 8.64. The third-order valence-corrected chi connectivity index (χ3v) is 2.50. The molecule has 0 spiro atoms. The second kappa shape index (κ2) is 7.55. The number of nitrogens with one attached hydrogen (secondary N) is 3. The molecule has 18 heavy (non-hydrogen) atoms. The lowest BCUT2D eigenvalue weighted by Gasteiger charge is -2.11. The molecule has 3 N–H and O–H groups in total. The molecule has 0 unspecified atom stereocenters. The highest BCUT2D eigenvalue weighted by Gasteiger charge is 2.00. The van der Waals surface area contributed by atoms with Crippen LogP contribution in [0.1, 0.15) is 6.42 Å². The molecule has 5 heteroatoms. The first kappa shape index (κ1) is 14.3. The van der Waals surface area contributed by atoms with Gasteiger partial charge in [0, 0.05) is 25.0 Å². The Morgan fingerprint density at radius 2 is 1.78 bits per heavy atom. The van der Waals surface area contributed by atoms with E-state index in [0.29, 0.717) is 6.54 Å². The van der Waals surface area contributed by atoms with Crippen molar-refractivity contribution in [1.29, 1.82) is 0 Å². The van der Waals surface area contributed by atoms with Gasteiger partial charge in [-0.25, -0.2) is 4.79 Å². The maximum Gasteiger partial charge on any atom is 0.319 e. The van der Waals surface area contributed by atoms with E-state index >= 15 is 0 Å². The van der Waals surface area contributed by atoms with Gasteiger partial charge in [-0.1, -0.05) is 0 Å². The zero-order valence-corrected chi connectivity index (χ0v) is 11.3. The van der Waals surface area contributed by atoms with E-state index in [2.05, 4.69) is 20.9 Å². The van der Waals surface area contributed by atoms with E-state index in [4.69, 9.17) is 0 Å². The van der Waals surface area contributed by atoms with Gasteiger partial charge in [-0.15, -0.1) is 0 Å². The Bertz CT molecular complexity index is 362. The number of urea groups is 1. The van der Waals surface area contributed by atoms with Crippen LogP contribution in [0.25, 0.3) is 0 Å². The zero-order valence-electron chi connectivity index (χ0n) is 11.3. The van der Waals surface area contributed by atoms with Crippen LogP contribution in [0.15, 0.2) is 24.3 Å². The number of carbonyl (C=O) groups is 1. The highest BCUT2D eigenvalue weighted by Crippen LogP contribution is 2.12. The van der Waals surface area contributed by atoms with Crippen molar-refractivity contribution >= 4 is 17.4 Å². The molecule has 0 bridgehead atoms. The Kier molecular flexibility index (Phi) is 6.00. The van der Waals surface area contributed by atoms with Crippen LogP contribution >= 0.6 is 0 Å². The number of benzene rings is 1. The van der Waals surface area contributed by atoms with E-state index in [0.717, 1.165) is 24.3 Å². The average Bonchev–Trinajstić information content (AvgIpc) is 2.35. The molecule has 0 radical (unpaired) electrons. The Balaban J connectivity index is 2.26. The minimum Gasteiger partial charge on any atom is -0.388 e. The number of rotatable bonds is 6. The minimum atomic E-state index is -0.161. The molecule has 1 aromatic carbocycles. The normalized spacial score (nSPS) is 10.2. The maximum absolute atomic E-state index is 11.6. The van der Waals surface area contributed by atoms with Gasteiger partial charge in [0.05, 0.1) is 0 Å². The van der Waals surface area contributed by atoms with Gasteiger partial charge in [-0.3, -0.25) is 0 Å². The van der Waals surface area contributed by atoms with E-state index in [-0.39, 0.29) is 6.03 Å². The second-order valence-electron chi connectivity index (χ2n) is 4.37. The monoisotopic (exact) mass is 250 g/mol. The number of carbonyl (C=O) groups excluding carboxylic acids is 1. The van der Waals surface area contributed by atoms with Crippen molar-refractivity contribution in [3.05, 3.63) is 24.3 Å². The number of amides is 2. The predicted octanol–water partition coefficient (Wildman–Crippen LogP) is 1.80. The minimum absolute atomic E-state index is 0.161. The van der Waals surface area contributed by atoms with Crippen molar-refractivity contribution in [3.63, 3.8) is 0 Å². The molecule has 0 heterocycles. The standard InChI is InChI=1S/C13H22N4O/c1-14-11-5-7-12(8-6-11)16-13(18)15-9-4-10-17(2)3/h5-8,14H,4,9-10H2,1-3H3,(H2,15,16,18). The van der Waals surface area contributed by atoms with Gasteiger partial charge >= 0.3 is 6.03 Å². The SMILES string of the molecule is CNc1ccc(NC(=O)NCCCN(C)C)cc1. The van der Waals surface area contributed by atoms with Crippen molar-refractivity contribution in [2.75, 3.05) is 44.9 Å². The van der Waals surface area contributed by atoms with Crippen molar-refractivity contribution in [3.8, 4) is 0 Å². The molecule has 100 valence electrons. The molecule has 0 saturated carbocycles. The van der Waals surface area contributed by atoms with Gasteiger partial charge < -0.3 is 20.9 Å². The van der Waals surface area contributed by atoms with E-state index in [1.54, 1.807) is 0 Å². The van der Waals surface area contributed by atoms with Gasteiger partial charge in [-0.2, -0.15) is 0 Å². The van der Waals surface area contributed by atoms with E-state index < -0.39 is 0 Å². The molecule has 2 amide bonds. The van der Waals surface area contributed by atoms with Crippen molar-refractivity contribution in [2.24, 2.45) is 0 Å². The van der Waals surface area contributed by atoms with Gasteiger partial charge in [-0.05, 0) is 51.3 Å². The van der Waals surface area contributed by atoms with Gasteiger partial charge in [0.15, 0.2) is 0 Å². The molecule has 1 rings (SSSR count). The summed E-state index contributed by atoms with van der Waals surface area (Å²) in [6, 6.07) is 7.41. The van der Waals surface area contributed by atoms with E-state index in [1.807, 2.05) is 45.4 Å². The van der Waals surface area contributed by atoms with Crippen molar-refractivity contribution < 1.29 is 4.79 Å². The number of hydrogen-bond acceptors (Lipinski definition) is 3. The smallest absolute Gasteiger partial charge is 0.319 e. The quantitative estimate of drug-likeness (QED) is 0.675. The van der Waals surface area contributed by atoms with Crippen LogP contribution < -0.4 is 16.0 Å². The Hall–Kier alpha value is -1.75. The van der Waals surface area contributed by atoms with E-state index in [9.17, 15) is 4.79 Å². The van der Waals surface area contributed by atoms with Crippen molar-refractivity contribution in [1.82, 2.24) is 10.2 Å². The van der Waals surface area contributed by atoms with Gasteiger partial charge in [0.1, 0.15) is 0 Å². The molecule has 0 fully saturated rings. The van der Waals surface area contributed by atoms with Crippen LogP contribution in [0.4, 0.5) is 16.2 Å². The molecule has 0 saturated heterocycles. The first-order valence-corrected chi connectivity index (χ1v) is 6.09. The van der Waals surface area contributed by atoms with Crippen LogP contribution in [0.5, 0.6) is 0 Å². The number of nitrogens with zero attached hydrogens (tertiary/aromatic N) is 1. The summed E-state index contributed by atoms with van der Waals surface area (Å²) in [6.45, 7) is 1.65. The first-order chi connectivity index (χ1) is 8.61. The summed E-state index contributed by atoms with van der Waals surface area (Å²) >= 11 is 0. The molecule has 0 aliphatic heterocycles. The topological polar surface area (TPSA) is 56.4 Å². The third-order valence-electron chi connectivity index (χ3n) is 2.50. The van der Waals surface area contributed by atoms with Crippen LogP contribution in [-0.2, 0) is 0 Å². The van der Waals surface area contributed by atoms with Crippen LogP contribution in [0.2, 0.25) is 0 Å². The lowest BCUT2D eigenvalue weighted by atomic mass is 10.3. The molecule has 0 aromatic heterocycles. The molecular formula is C13H22N4O. The number of hydrogen-bond donors (Lipinski definition) is 3. The highest BCUT2D eigenvalue weighted by molar-refractivity contribution is 5.89. The fraction of sp³-hybridized carbons (Fsp3) is 0.462. The Labute approximate surface area is 109 Å². The average molecular weight is 250 g/mol. The van der Waals surface area contributed by atoms with Crippen LogP contribution in [-0.4, -0.2) is 45.2 Å².